The number of nitrogens with zero attached hydrogens (tertiary/aromatic N) is 4. The quantitative estimate of drug-likeness (QED) is 0.106. The van der Waals surface area contributed by atoms with Gasteiger partial charge in [0.05, 0.1) is 37.3 Å². The minimum absolute atomic E-state index is 0.00402. The zero-order valence-electron chi connectivity index (χ0n) is 37.7. The maximum atomic E-state index is 14.5. The Morgan fingerprint density at radius 1 is 0.846 bits per heavy atom. The number of hydrogen-bond acceptors (Lipinski definition) is 10. The largest absolute Gasteiger partial charge is 0.488 e. The molecule has 2 aromatic heterocycles. The molecule has 16 nitrogen and oxygen atoms in total. The van der Waals surface area contributed by atoms with Crippen molar-refractivity contribution in [2.45, 2.75) is 115 Å². The topological polar surface area (TPSA) is 193 Å². The molecule has 6 atom stereocenters. The molecular weight excluding hydrogens is 852 g/mol. The van der Waals surface area contributed by atoms with E-state index >= 15 is 0 Å². The van der Waals surface area contributed by atoms with Crippen molar-refractivity contribution < 1.29 is 38.1 Å². The van der Waals surface area contributed by atoms with Crippen molar-refractivity contribution in [2.24, 2.45) is 11.8 Å². The number of rotatable bonds is 10. The average molecular weight is 909 g/mol. The van der Waals surface area contributed by atoms with Crippen molar-refractivity contribution in [1.82, 2.24) is 40.4 Å². The molecule has 9 rings (SSSR count). The summed E-state index contributed by atoms with van der Waals surface area (Å²) in [6, 6.07) is 12.3. The van der Waals surface area contributed by atoms with E-state index in [9.17, 15) is 19.2 Å². The van der Waals surface area contributed by atoms with E-state index in [1.807, 2.05) is 42.7 Å². The van der Waals surface area contributed by atoms with Gasteiger partial charge in [0.2, 0.25) is 11.8 Å². The number of methoxy groups -OCH3 is 2. The first kappa shape index (κ1) is 44.3. The maximum absolute atomic E-state index is 14.5. The molecule has 65 heavy (non-hydrogen) atoms. The van der Waals surface area contributed by atoms with Gasteiger partial charge in [-0.2, -0.15) is 0 Å². The summed E-state index contributed by atoms with van der Waals surface area (Å²) in [7, 11) is 2.60. The number of amides is 4. The molecule has 4 amide bonds. The van der Waals surface area contributed by atoms with E-state index in [4.69, 9.17) is 40.5 Å². The molecule has 5 aromatic rings. The first-order chi connectivity index (χ1) is 31.4. The first-order valence-electron chi connectivity index (χ1n) is 22.8. The molecule has 0 bridgehead atoms. The van der Waals surface area contributed by atoms with Crippen molar-refractivity contribution in [3.8, 4) is 28.1 Å². The Balaban J connectivity index is 0.984. The molecule has 0 aliphatic carbocycles. The number of carbonyl (C=O) groups is 4. The number of fused-ring (bicyclic) bond motifs is 6. The fraction of sp³-hybridized carbons (Fsp3) is 0.500. The van der Waals surface area contributed by atoms with Crippen LogP contribution >= 0.6 is 11.6 Å². The molecule has 3 aromatic carbocycles. The molecule has 0 radical (unpaired) electrons. The van der Waals surface area contributed by atoms with Gasteiger partial charge in [-0.05, 0) is 104 Å². The number of aromatic amines is 2. The van der Waals surface area contributed by atoms with Gasteiger partial charge in [-0.1, -0.05) is 50.6 Å². The highest BCUT2D eigenvalue weighted by Gasteiger charge is 2.45. The Kier molecular flexibility index (Phi) is 12.4. The van der Waals surface area contributed by atoms with Crippen molar-refractivity contribution >= 4 is 57.4 Å². The van der Waals surface area contributed by atoms with E-state index in [2.05, 4.69) is 57.9 Å². The highest BCUT2D eigenvalue weighted by molar-refractivity contribution is 6.32. The summed E-state index contributed by atoms with van der Waals surface area (Å²) in [5.74, 6) is 1.52. The van der Waals surface area contributed by atoms with E-state index in [-0.39, 0.29) is 47.8 Å². The van der Waals surface area contributed by atoms with E-state index < -0.39 is 24.3 Å². The van der Waals surface area contributed by atoms with Gasteiger partial charge in [-0.3, -0.25) is 9.59 Å². The van der Waals surface area contributed by atoms with Crippen LogP contribution < -0.4 is 15.4 Å². The second-order valence-corrected chi connectivity index (χ2v) is 18.5. The summed E-state index contributed by atoms with van der Waals surface area (Å²) in [6.45, 7) is 9.29. The number of halogens is 1. The van der Waals surface area contributed by atoms with Gasteiger partial charge in [-0.15, -0.1) is 0 Å². The second kappa shape index (κ2) is 18.2. The normalized spacial score (nSPS) is 21.8. The van der Waals surface area contributed by atoms with Gasteiger partial charge in [-0.25, -0.2) is 19.6 Å². The van der Waals surface area contributed by atoms with Crippen LogP contribution in [0.3, 0.4) is 0 Å². The van der Waals surface area contributed by atoms with Crippen LogP contribution in [-0.4, -0.2) is 105 Å². The van der Waals surface area contributed by atoms with E-state index in [1.165, 1.54) is 14.2 Å². The van der Waals surface area contributed by atoms with Crippen LogP contribution in [0.4, 0.5) is 9.59 Å². The highest BCUT2D eigenvalue weighted by atomic mass is 35.5. The third-order valence-electron chi connectivity index (χ3n) is 14.0. The second-order valence-electron chi connectivity index (χ2n) is 18.1. The molecule has 344 valence electrons. The number of nitrogens with one attached hydrogen (secondary N) is 4. The van der Waals surface area contributed by atoms with Crippen LogP contribution in [0.2, 0.25) is 5.15 Å². The zero-order chi connectivity index (χ0) is 45.7. The highest BCUT2D eigenvalue weighted by Crippen LogP contribution is 2.45. The zero-order valence-corrected chi connectivity index (χ0v) is 38.4. The van der Waals surface area contributed by atoms with Gasteiger partial charge in [0.1, 0.15) is 46.9 Å². The smallest absolute Gasteiger partial charge is 0.407 e. The lowest BCUT2D eigenvalue weighted by atomic mass is 9.90. The van der Waals surface area contributed by atoms with Crippen LogP contribution in [0.15, 0.2) is 42.5 Å². The number of hydrogen-bond donors (Lipinski definition) is 4. The van der Waals surface area contributed by atoms with Crippen LogP contribution in [0.1, 0.15) is 102 Å². The summed E-state index contributed by atoms with van der Waals surface area (Å²) in [6.07, 6.45) is 3.90. The molecule has 4 N–H and O–H groups in total. The predicted molar refractivity (Wildman–Crippen MR) is 244 cm³/mol. The van der Waals surface area contributed by atoms with Crippen LogP contribution in [-0.2, 0) is 30.4 Å². The number of H-pyrrole nitrogens is 2. The minimum Gasteiger partial charge on any atom is -0.488 e. The molecule has 0 unspecified atom stereocenters. The van der Waals surface area contributed by atoms with Crippen molar-refractivity contribution in [3.05, 3.63) is 64.8 Å². The van der Waals surface area contributed by atoms with E-state index in [0.29, 0.717) is 55.8 Å². The Morgan fingerprint density at radius 2 is 1.57 bits per heavy atom. The molecule has 4 aliphatic heterocycles. The lowest BCUT2D eigenvalue weighted by molar-refractivity contribution is -0.139. The number of likely N-dealkylation sites (tertiary alicyclic amines) is 2. The molecule has 3 fully saturated rings. The SMILES string of the molecule is CC[C@H]1CC[C@@H](c2nc3c(ccc4cc5c(cc43)OCc3cc(-c4nc([C@@H]6CC[C@H](C)N6C(=O)[C@@H](NC(=O)OC)C(C)C)[nH]c4Cl)ccc3-5)[nH]2)N1C(=O)[C@@H](NC(=O)OC)C1CCOCC1. The van der Waals surface area contributed by atoms with Crippen molar-refractivity contribution in [3.63, 3.8) is 0 Å². The number of aromatic nitrogens is 4. The Bertz CT molecular complexity index is 2640. The molecule has 6 heterocycles. The molecule has 0 spiro atoms. The summed E-state index contributed by atoms with van der Waals surface area (Å²) < 4.78 is 21.8. The summed E-state index contributed by atoms with van der Waals surface area (Å²) in [5.41, 5.74) is 6.03. The Hall–Kier alpha value is -5.87. The van der Waals surface area contributed by atoms with Crippen LogP contribution in [0, 0.1) is 11.8 Å². The Morgan fingerprint density at radius 3 is 2.31 bits per heavy atom. The lowest BCUT2D eigenvalue weighted by Gasteiger charge is -2.36. The van der Waals surface area contributed by atoms with Gasteiger partial charge in [0.25, 0.3) is 0 Å². The maximum Gasteiger partial charge on any atom is 0.407 e. The molecule has 4 aliphatic rings. The van der Waals surface area contributed by atoms with Crippen LogP contribution in [0.5, 0.6) is 5.75 Å². The minimum atomic E-state index is -0.757. The van der Waals surface area contributed by atoms with Crippen molar-refractivity contribution in [1.29, 1.82) is 0 Å². The molecule has 3 saturated heterocycles. The van der Waals surface area contributed by atoms with Gasteiger partial charge in [0, 0.05) is 41.8 Å². The van der Waals surface area contributed by atoms with Crippen LogP contribution in [0.25, 0.3) is 44.2 Å². The number of carbonyl (C=O) groups excluding carboxylic acids is 4. The number of ether oxygens (including phenoxy) is 4. The third-order valence-corrected chi connectivity index (χ3v) is 14.2. The number of imidazole rings is 2. The number of benzene rings is 3. The summed E-state index contributed by atoms with van der Waals surface area (Å²) in [5, 5.41) is 7.89. The first-order valence-corrected chi connectivity index (χ1v) is 23.2. The van der Waals surface area contributed by atoms with Gasteiger partial charge in [0.15, 0.2) is 0 Å². The van der Waals surface area contributed by atoms with Gasteiger partial charge < -0.3 is 49.3 Å². The lowest BCUT2D eigenvalue weighted by Crippen LogP contribution is -2.54. The monoisotopic (exact) mass is 908 g/mol. The van der Waals surface area contributed by atoms with Gasteiger partial charge >= 0.3 is 12.2 Å². The number of alkyl carbamates (subject to hydrolysis) is 2. The molecule has 17 heteroatoms. The van der Waals surface area contributed by atoms with E-state index in [0.717, 1.165) is 81.3 Å². The van der Waals surface area contributed by atoms with E-state index in [1.54, 1.807) is 0 Å². The summed E-state index contributed by atoms with van der Waals surface area (Å²) >= 11 is 6.87. The third kappa shape index (κ3) is 8.23. The fourth-order valence-corrected chi connectivity index (χ4v) is 10.7. The average Bonchev–Trinajstić information content (AvgIpc) is 4.13. The standard InChI is InChI=1S/C48H57ClN8O8/c1-7-30-11-15-36(57(30)46(59)40(54-48(61)63-6)26-16-18-64-19-17-26)43-50-34-13-10-27-21-33-31-12-9-28(20-29(31)23-65-37(33)22-32(27)41(34)52-43)39-42(49)55-44(51-39)35-14-8-25(4)56(35)45(58)38(24(2)3)53-47(60)62-5/h9-10,12-13,20-22,24-26,30,35-36,38,40H,7-8,11,14-19,23H2,1-6H3,(H,50,52)(H,51,55)(H,53,60)(H,54,61)/t25-,30-,35-,36-,38-,40-/m0/s1. The Labute approximate surface area is 382 Å². The summed E-state index contributed by atoms with van der Waals surface area (Å²) in [4.78, 5) is 73.9. The predicted octanol–water partition coefficient (Wildman–Crippen LogP) is 8.34. The molecular formula is C48H57ClN8O8. The fourth-order valence-electron chi connectivity index (χ4n) is 10.5. The van der Waals surface area contributed by atoms with Crippen molar-refractivity contribution in [2.75, 3.05) is 27.4 Å². The molecule has 0 saturated carbocycles.